The van der Waals surface area contributed by atoms with E-state index in [9.17, 15) is 18.0 Å². The lowest BCUT2D eigenvalue weighted by atomic mass is 10.1. The number of nitrogens with zero attached hydrogens (tertiary/aromatic N) is 2. The summed E-state index contributed by atoms with van der Waals surface area (Å²) in [5.74, 6) is -0.0317. The third kappa shape index (κ3) is 7.71. The van der Waals surface area contributed by atoms with Crippen molar-refractivity contribution in [3.63, 3.8) is 0 Å². The molecular formula is C26H37N3O5S. The number of carbonyl (C=O) groups excluding carboxylic acids is 2. The van der Waals surface area contributed by atoms with Crippen molar-refractivity contribution in [1.82, 2.24) is 10.2 Å². The Balaban J connectivity index is 2.44. The van der Waals surface area contributed by atoms with Crippen LogP contribution < -0.4 is 14.4 Å². The van der Waals surface area contributed by atoms with Crippen LogP contribution in [0.5, 0.6) is 5.75 Å². The minimum atomic E-state index is -3.76. The van der Waals surface area contributed by atoms with Gasteiger partial charge in [-0.05, 0) is 56.0 Å². The van der Waals surface area contributed by atoms with Gasteiger partial charge in [0.2, 0.25) is 21.8 Å². The zero-order valence-corrected chi connectivity index (χ0v) is 22.3. The Labute approximate surface area is 209 Å². The summed E-state index contributed by atoms with van der Waals surface area (Å²) in [6.45, 7) is 7.77. The molecule has 2 rings (SSSR count). The lowest BCUT2D eigenvalue weighted by molar-refractivity contribution is -0.140. The van der Waals surface area contributed by atoms with E-state index < -0.39 is 28.5 Å². The Morgan fingerprint density at radius 1 is 1.06 bits per heavy atom. The van der Waals surface area contributed by atoms with Crippen LogP contribution in [0.3, 0.4) is 0 Å². The molecule has 0 aliphatic heterocycles. The first-order valence-electron chi connectivity index (χ1n) is 11.8. The number of amides is 2. The standard InChI is InChI=1S/C26H37N3O5S/c1-7-15-27-26(31)23(8-2)28(17-21-10-12-22(34-5)13-11-21)25(30)18-29(35(6,32)33)24-14-9-19(3)16-20(24)4/h9-14,16,23H,7-8,15,17-18H2,1-6H3,(H,27,31). The fourth-order valence-corrected chi connectivity index (χ4v) is 4.80. The van der Waals surface area contributed by atoms with Crippen molar-refractivity contribution in [2.45, 2.75) is 53.1 Å². The number of hydrogen-bond acceptors (Lipinski definition) is 5. The number of carbonyl (C=O) groups is 2. The smallest absolute Gasteiger partial charge is 0.244 e. The first-order valence-corrected chi connectivity index (χ1v) is 13.6. The molecule has 1 atom stereocenters. The second-order valence-corrected chi connectivity index (χ2v) is 10.6. The number of ether oxygens (including phenoxy) is 1. The van der Waals surface area contributed by atoms with Gasteiger partial charge in [-0.1, -0.05) is 43.7 Å². The lowest BCUT2D eigenvalue weighted by Gasteiger charge is -2.33. The number of methoxy groups -OCH3 is 1. The van der Waals surface area contributed by atoms with Crippen LogP contribution in [0.1, 0.15) is 43.4 Å². The SMILES string of the molecule is CCCNC(=O)C(CC)N(Cc1ccc(OC)cc1)C(=O)CN(c1ccc(C)cc1C)S(C)(=O)=O. The first kappa shape index (κ1) is 28.2. The Morgan fingerprint density at radius 2 is 1.71 bits per heavy atom. The van der Waals surface area contributed by atoms with E-state index in [2.05, 4.69) is 5.32 Å². The molecule has 0 bridgehead atoms. The summed E-state index contributed by atoms with van der Waals surface area (Å²) in [6.07, 6.45) is 2.24. The molecule has 8 nitrogen and oxygen atoms in total. The highest BCUT2D eigenvalue weighted by molar-refractivity contribution is 7.92. The van der Waals surface area contributed by atoms with Crippen LogP contribution in [0.15, 0.2) is 42.5 Å². The van der Waals surface area contributed by atoms with Gasteiger partial charge in [0.15, 0.2) is 0 Å². The summed E-state index contributed by atoms with van der Waals surface area (Å²) in [5.41, 5.74) is 2.99. The van der Waals surface area contributed by atoms with Gasteiger partial charge in [-0.25, -0.2) is 8.42 Å². The average Bonchev–Trinajstić information content (AvgIpc) is 2.81. The van der Waals surface area contributed by atoms with Crippen molar-refractivity contribution in [1.29, 1.82) is 0 Å². The van der Waals surface area contributed by atoms with Crippen molar-refractivity contribution in [3.05, 3.63) is 59.2 Å². The Kier molecular flexibility index (Phi) is 10.1. The summed E-state index contributed by atoms with van der Waals surface area (Å²) in [4.78, 5) is 28.1. The normalized spacial score (nSPS) is 12.1. The molecule has 2 aromatic rings. The van der Waals surface area contributed by atoms with Gasteiger partial charge in [-0.3, -0.25) is 13.9 Å². The molecule has 0 aliphatic carbocycles. The maximum atomic E-state index is 13.7. The molecule has 35 heavy (non-hydrogen) atoms. The van der Waals surface area contributed by atoms with Crippen molar-refractivity contribution in [2.75, 3.05) is 30.8 Å². The molecule has 192 valence electrons. The van der Waals surface area contributed by atoms with E-state index in [-0.39, 0.29) is 12.5 Å². The second-order valence-electron chi connectivity index (χ2n) is 8.64. The van der Waals surface area contributed by atoms with Gasteiger partial charge < -0.3 is 15.0 Å². The van der Waals surface area contributed by atoms with E-state index in [1.54, 1.807) is 25.3 Å². The number of nitrogens with one attached hydrogen (secondary N) is 1. The maximum absolute atomic E-state index is 13.7. The van der Waals surface area contributed by atoms with Crippen LogP contribution in [0.25, 0.3) is 0 Å². The van der Waals surface area contributed by atoms with E-state index in [0.29, 0.717) is 24.4 Å². The molecule has 1 unspecified atom stereocenters. The van der Waals surface area contributed by atoms with Crippen LogP contribution in [0.2, 0.25) is 0 Å². The second kappa shape index (κ2) is 12.6. The molecule has 1 N–H and O–H groups in total. The predicted octanol–water partition coefficient (Wildman–Crippen LogP) is 3.41. The molecule has 0 radical (unpaired) electrons. The van der Waals surface area contributed by atoms with Gasteiger partial charge in [0.1, 0.15) is 18.3 Å². The first-order chi connectivity index (χ1) is 16.5. The molecular weight excluding hydrogens is 466 g/mol. The third-order valence-electron chi connectivity index (χ3n) is 5.75. The Bertz CT molecular complexity index is 1120. The van der Waals surface area contributed by atoms with Gasteiger partial charge in [0.25, 0.3) is 0 Å². The van der Waals surface area contributed by atoms with E-state index >= 15 is 0 Å². The van der Waals surface area contributed by atoms with E-state index in [4.69, 9.17) is 4.74 Å². The van der Waals surface area contributed by atoms with E-state index in [0.717, 1.165) is 33.7 Å². The largest absolute Gasteiger partial charge is 0.497 e. The van der Waals surface area contributed by atoms with Gasteiger partial charge in [-0.15, -0.1) is 0 Å². The number of anilines is 1. The van der Waals surface area contributed by atoms with Crippen LogP contribution in [-0.4, -0.2) is 57.6 Å². The molecule has 2 aromatic carbocycles. The lowest BCUT2D eigenvalue weighted by Crippen LogP contribution is -2.52. The highest BCUT2D eigenvalue weighted by atomic mass is 32.2. The van der Waals surface area contributed by atoms with E-state index in [1.807, 2.05) is 52.0 Å². The molecule has 0 fully saturated rings. The number of benzene rings is 2. The minimum Gasteiger partial charge on any atom is -0.497 e. The van der Waals surface area contributed by atoms with Gasteiger partial charge in [0, 0.05) is 13.1 Å². The van der Waals surface area contributed by atoms with Crippen molar-refractivity contribution >= 4 is 27.5 Å². The Morgan fingerprint density at radius 3 is 2.23 bits per heavy atom. The molecule has 2 amide bonds. The summed E-state index contributed by atoms with van der Waals surface area (Å²) >= 11 is 0. The fourth-order valence-electron chi connectivity index (χ4n) is 3.89. The monoisotopic (exact) mass is 503 g/mol. The highest BCUT2D eigenvalue weighted by Gasteiger charge is 2.32. The molecule has 0 aliphatic rings. The van der Waals surface area contributed by atoms with Gasteiger partial charge >= 0.3 is 0 Å². The Hall–Kier alpha value is -3.07. The number of hydrogen-bond donors (Lipinski definition) is 1. The van der Waals surface area contributed by atoms with Crippen LogP contribution in [0.4, 0.5) is 5.69 Å². The van der Waals surface area contributed by atoms with Gasteiger partial charge in [-0.2, -0.15) is 0 Å². The molecule has 0 saturated carbocycles. The van der Waals surface area contributed by atoms with Crippen LogP contribution in [0, 0.1) is 13.8 Å². The van der Waals surface area contributed by atoms with Crippen LogP contribution >= 0.6 is 0 Å². The zero-order chi connectivity index (χ0) is 26.2. The molecule has 0 aromatic heterocycles. The average molecular weight is 504 g/mol. The molecule has 9 heteroatoms. The van der Waals surface area contributed by atoms with Crippen molar-refractivity contribution < 1.29 is 22.7 Å². The number of aryl methyl sites for hydroxylation is 2. The minimum absolute atomic E-state index is 0.158. The predicted molar refractivity (Wildman–Crippen MR) is 139 cm³/mol. The summed E-state index contributed by atoms with van der Waals surface area (Å²) in [7, 11) is -2.19. The summed E-state index contributed by atoms with van der Waals surface area (Å²) < 4.78 is 31.8. The van der Waals surface area contributed by atoms with Crippen molar-refractivity contribution in [2.24, 2.45) is 0 Å². The fraction of sp³-hybridized carbons (Fsp3) is 0.462. The number of sulfonamides is 1. The molecule has 0 spiro atoms. The van der Waals surface area contributed by atoms with Crippen molar-refractivity contribution in [3.8, 4) is 5.75 Å². The zero-order valence-electron chi connectivity index (χ0n) is 21.5. The topological polar surface area (TPSA) is 96.0 Å². The molecule has 0 saturated heterocycles. The summed E-state index contributed by atoms with van der Waals surface area (Å²) in [5, 5.41) is 2.87. The quantitative estimate of drug-likeness (QED) is 0.479. The van der Waals surface area contributed by atoms with E-state index in [1.165, 1.54) is 4.90 Å². The summed E-state index contributed by atoms with van der Waals surface area (Å²) in [6, 6.07) is 11.9. The number of rotatable bonds is 12. The third-order valence-corrected chi connectivity index (χ3v) is 6.87. The van der Waals surface area contributed by atoms with Crippen LogP contribution in [-0.2, 0) is 26.2 Å². The highest BCUT2D eigenvalue weighted by Crippen LogP contribution is 2.24. The molecule has 0 heterocycles. The van der Waals surface area contributed by atoms with Gasteiger partial charge in [0.05, 0.1) is 19.1 Å². The maximum Gasteiger partial charge on any atom is 0.244 e.